The minimum absolute atomic E-state index is 0.0498. The standard InChI is InChI=1S/C39H69NO4/c1-3-5-7-9-11-13-15-17-19-21-23-25-27-29-31-33-38(42)40-35-37(41)36-44-39(43)34-32-30-28-26-24-22-20-18-16-14-12-10-8-6-4-2/h11-14,17-20,37,41H,3-10,15-16,21-36H2,1-2H3,(H,40,42)/b13-11-,14-12-,19-17-,20-18-. The molecule has 0 radical (unpaired) electrons. The van der Waals surface area contributed by atoms with Gasteiger partial charge < -0.3 is 15.2 Å². The number of hydrogen-bond acceptors (Lipinski definition) is 4. The summed E-state index contributed by atoms with van der Waals surface area (Å²) in [6.45, 7) is 4.53. The van der Waals surface area contributed by atoms with Crippen LogP contribution in [-0.4, -0.2) is 36.2 Å². The van der Waals surface area contributed by atoms with Gasteiger partial charge in [0.2, 0.25) is 5.91 Å². The zero-order valence-electron chi connectivity index (χ0n) is 28.8. The summed E-state index contributed by atoms with van der Waals surface area (Å²) < 4.78 is 5.18. The molecule has 1 amide bonds. The fraction of sp³-hybridized carbons (Fsp3) is 0.744. The van der Waals surface area contributed by atoms with Crippen LogP contribution in [0.4, 0.5) is 0 Å². The molecule has 0 aromatic carbocycles. The average Bonchev–Trinajstić information content (AvgIpc) is 3.02. The number of carbonyl (C=O) groups is 2. The lowest BCUT2D eigenvalue weighted by Crippen LogP contribution is -2.35. The van der Waals surface area contributed by atoms with Gasteiger partial charge >= 0.3 is 5.97 Å². The smallest absolute Gasteiger partial charge is 0.305 e. The molecule has 0 saturated heterocycles. The fourth-order valence-electron chi connectivity index (χ4n) is 4.82. The molecule has 0 fully saturated rings. The Morgan fingerprint density at radius 2 is 0.977 bits per heavy atom. The lowest BCUT2D eigenvalue weighted by atomic mass is 10.1. The van der Waals surface area contributed by atoms with Crippen molar-refractivity contribution in [1.82, 2.24) is 5.32 Å². The van der Waals surface area contributed by atoms with Crippen LogP contribution in [0.2, 0.25) is 0 Å². The van der Waals surface area contributed by atoms with Gasteiger partial charge in [-0.1, -0.05) is 127 Å². The first kappa shape index (κ1) is 41.9. The van der Waals surface area contributed by atoms with Crippen molar-refractivity contribution >= 4 is 11.9 Å². The minimum atomic E-state index is -0.864. The first-order chi connectivity index (χ1) is 21.6. The number of aliphatic hydroxyl groups is 1. The Morgan fingerprint density at radius 3 is 1.45 bits per heavy atom. The molecule has 1 atom stereocenters. The average molecular weight is 616 g/mol. The molecule has 0 aliphatic rings. The molecule has 0 heterocycles. The summed E-state index contributed by atoms with van der Waals surface area (Å²) in [5.74, 6) is -0.322. The van der Waals surface area contributed by atoms with Gasteiger partial charge in [0.15, 0.2) is 0 Å². The van der Waals surface area contributed by atoms with Crippen LogP contribution in [0.5, 0.6) is 0 Å². The second-order valence-corrected chi connectivity index (χ2v) is 12.1. The van der Waals surface area contributed by atoms with Crippen molar-refractivity contribution in [3.8, 4) is 0 Å². The zero-order chi connectivity index (χ0) is 32.2. The summed E-state index contributed by atoms with van der Waals surface area (Å²) in [6.07, 6.45) is 43.5. The number of carbonyl (C=O) groups excluding carboxylic acids is 2. The molecule has 254 valence electrons. The van der Waals surface area contributed by atoms with Gasteiger partial charge in [-0.15, -0.1) is 0 Å². The highest BCUT2D eigenvalue weighted by atomic mass is 16.5. The van der Waals surface area contributed by atoms with Gasteiger partial charge in [0, 0.05) is 19.4 Å². The van der Waals surface area contributed by atoms with Gasteiger partial charge in [-0.25, -0.2) is 0 Å². The van der Waals surface area contributed by atoms with Crippen LogP contribution in [0.15, 0.2) is 48.6 Å². The quantitative estimate of drug-likeness (QED) is 0.0448. The van der Waals surface area contributed by atoms with E-state index in [0.29, 0.717) is 12.8 Å². The maximum absolute atomic E-state index is 12.0. The molecule has 44 heavy (non-hydrogen) atoms. The molecule has 5 heteroatoms. The summed E-state index contributed by atoms with van der Waals surface area (Å²) in [4.78, 5) is 24.0. The van der Waals surface area contributed by atoms with E-state index in [1.807, 2.05) is 0 Å². The van der Waals surface area contributed by atoms with E-state index >= 15 is 0 Å². The van der Waals surface area contributed by atoms with E-state index in [0.717, 1.165) is 64.2 Å². The number of ether oxygens (including phenoxy) is 1. The van der Waals surface area contributed by atoms with Crippen molar-refractivity contribution in [2.24, 2.45) is 0 Å². The third-order valence-corrected chi connectivity index (χ3v) is 7.66. The molecular weight excluding hydrogens is 546 g/mol. The Bertz CT molecular complexity index is 693. The molecule has 2 N–H and O–H groups in total. The Balaban J connectivity index is 3.51. The van der Waals surface area contributed by atoms with Gasteiger partial charge in [-0.2, -0.15) is 0 Å². The normalized spacial score (nSPS) is 12.7. The highest BCUT2D eigenvalue weighted by molar-refractivity contribution is 5.75. The second-order valence-electron chi connectivity index (χ2n) is 12.1. The Hall–Kier alpha value is -2.14. The number of rotatable bonds is 32. The molecule has 0 aliphatic heterocycles. The van der Waals surface area contributed by atoms with Gasteiger partial charge in [-0.05, 0) is 77.0 Å². The maximum atomic E-state index is 12.0. The number of esters is 1. The molecule has 5 nitrogen and oxygen atoms in total. The first-order valence-electron chi connectivity index (χ1n) is 18.3. The van der Waals surface area contributed by atoms with E-state index in [-0.39, 0.29) is 25.0 Å². The Morgan fingerprint density at radius 1 is 0.568 bits per heavy atom. The van der Waals surface area contributed by atoms with Crippen molar-refractivity contribution in [3.63, 3.8) is 0 Å². The highest BCUT2D eigenvalue weighted by Gasteiger charge is 2.10. The van der Waals surface area contributed by atoms with Crippen molar-refractivity contribution in [3.05, 3.63) is 48.6 Å². The van der Waals surface area contributed by atoms with Gasteiger partial charge in [0.25, 0.3) is 0 Å². The Labute approximate surface area is 272 Å². The third-order valence-electron chi connectivity index (χ3n) is 7.66. The molecule has 0 aromatic rings. The van der Waals surface area contributed by atoms with Crippen LogP contribution in [0.1, 0.15) is 168 Å². The SMILES string of the molecule is CCCCC/C=C\C/C=C\CCCCCCCC(=O)NCC(O)COC(=O)CCCCCCC/C=C\C/C=C\CCCCC. The molecular formula is C39H69NO4. The van der Waals surface area contributed by atoms with E-state index < -0.39 is 6.10 Å². The van der Waals surface area contributed by atoms with Crippen LogP contribution in [-0.2, 0) is 14.3 Å². The minimum Gasteiger partial charge on any atom is -0.463 e. The molecule has 0 saturated carbocycles. The third kappa shape index (κ3) is 34.4. The molecule has 0 rings (SSSR count). The van der Waals surface area contributed by atoms with Crippen LogP contribution in [0, 0.1) is 0 Å². The summed E-state index contributed by atoms with van der Waals surface area (Å²) in [5.41, 5.74) is 0. The number of hydrogen-bond donors (Lipinski definition) is 2. The second kappa shape index (κ2) is 35.3. The predicted octanol–water partition coefficient (Wildman–Crippen LogP) is 10.6. The lowest BCUT2D eigenvalue weighted by Gasteiger charge is -2.12. The van der Waals surface area contributed by atoms with Crippen molar-refractivity contribution in [2.75, 3.05) is 13.2 Å². The number of amides is 1. The van der Waals surface area contributed by atoms with Crippen molar-refractivity contribution in [1.29, 1.82) is 0 Å². The van der Waals surface area contributed by atoms with Gasteiger partial charge in [-0.3, -0.25) is 9.59 Å². The van der Waals surface area contributed by atoms with E-state index in [1.165, 1.54) is 77.0 Å². The molecule has 0 bridgehead atoms. The van der Waals surface area contributed by atoms with Crippen LogP contribution in [0.3, 0.4) is 0 Å². The van der Waals surface area contributed by atoms with E-state index in [9.17, 15) is 14.7 Å². The first-order valence-corrected chi connectivity index (χ1v) is 18.3. The summed E-state index contributed by atoms with van der Waals surface area (Å²) >= 11 is 0. The molecule has 0 aromatic heterocycles. The highest BCUT2D eigenvalue weighted by Crippen LogP contribution is 2.10. The van der Waals surface area contributed by atoms with Crippen molar-refractivity contribution in [2.45, 2.75) is 174 Å². The number of allylic oxidation sites excluding steroid dienone is 8. The van der Waals surface area contributed by atoms with Gasteiger partial charge in [0.05, 0.1) is 0 Å². The summed E-state index contributed by atoms with van der Waals surface area (Å²) in [6, 6.07) is 0. The largest absolute Gasteiger partial charge is 0.463 e. The van der Waals surface area contributed by atoms with Crippen molar-refractivity contribution < 1.29 is 19.4 Å². The monoisotopic (exact) mass is 616 g/mol. The maximum Gasteiger partial charge on any atom is 0.305 e. The number of unbranched alkanes of at least 4 members (excludes halogenated alkanes) is 16. The van der Waals surface area contributed by atoms with E-state index in [2.05, 4.69) is 67.8 Å². The summed E-state index contributed by atoms with van der Waals surface area (Å²) in [5, 5.41) is 12.8. The van der Waals surface area contributed by atoms with Crippen LogP contribution < -0.4 is 5.32 Å². The number of nitrogens with one attached hydrogen (secondary N) is 1. The summed E-state index contributed by atoms with van der Waals surface area (Å²) in [7, 11) is 0. The van der Waals surface area contributed by atoms with Crippen LogP contribution >= 0.6 is 0 Å². The zero-order valence-corrected chi connectivity index (χ0v) is 28.8. The molecule has 0 aliphatic carbocycles. The fourth-order valence-corrected chi connectivity index (χ4v) is 4.82. The lowest BCUT2D eigenvalue weighted by molar-refractivity contribution is -0.146. The number of aliphatic hydroxyl groups excluding tert-OH is 1. The van der Waals surface area contributed by atoms with Gasteiger partial charge in [0.1, 0.15) is 12.7 Å². The predicted molar refractivity (Wildman–Crippen MR) is 189 cm³/mol. The van der Waals surface area contributed by atoms with E-state index in [4.69, 9.17) is 4.74 Å². The van der Waals surface area contributed by atoms with E-state index in [1.54, 1.807) is 0 Å². The topological polar surface area (TPSA) is 75.6 Å². The molecule has 0 spiro atoms. The molecule has 1 unspecified atom stereocenters. The Kier molecular flexibility index (Phi) is 33.6. The van der Waals surface area contributed by atoms with Crippen LogP contribution in [0.25, 0.3) is 0 Å².